The molecule has 2 aliphatic rings. The molecule has 1 amide bonds. The maximum Gasteiger partial charge on any atom is 0.253 e. The number of nitrogens with one attached hydrogen (secondary N) is 2. The van der Waals surface area contributed by atoms with Crippen LogP contribution in [0, 0.1) is 26.7 Å². The summed E-state index contributed by atoms with van der Waals surface area (Å²) in [7, 11) is 1.68. The quantitative estimate of drug-likeness (QED) is 0.514. The van der Waals surface area contributed by atoms with Crippen LogP contribution in [0.1, 0.15) is 63.0 Å². The van der Waals surface area contributed by atoms with E-state index in [0.717, 1.165) is 24.1 Å². The fourth-order valence-electron chi connectivity index (χ4n) is 5.29. The Bertz CT molecular complexity index is 956. The molecule has 1 aliphatic carbocycles. The Kier molecular flexibility index (Phi) is 5.96. The van der Waals surface area contributed by atoms with Crippen LogP contribution in [-0.4, -0.2) is 26.2 Å². The van der Waals surface area contributed by atoms with E-state index < -0.39 is 0 Å². The van der Waals surface area contributed by atoms with Crippen molar-refractivity contribution in [3.63, 3.8) is 0 Å². The molecule has 30 heavy (non-hydrogen) atoms. The van der Waals surface area contributed by atoms with Crippen LogP contribution in [0.2, 0.25) is 0 Å². The first-order chi connectivity index (χ1) is 14.5. The van der Waals surface area contributed by atoms with E-state index in [9.17, 15) is 4.79 Å². The summed E-state index contributed by atoms with van der Waals surface area (Å²) in [6.45, 7) is 7.83. The Morgan fingerprint density at radius 1 is 1.20 bits per heavy atom. The first-order valence-electron chi connectivity index (χ1n) is 10.9. The SMILES string of the molecule is COCCCNC(=O)c1cccc2c1NC(c1c(C)cc(C)cc1C)C1CC=CC21. The van der Waals surface area contributed by atoms with Gasteiger partial charge in [-0.3, -0.25) is 4.79 Å². The second-order valence-electron chi connectivity index (χ2n) is 8.66. The van der Waals surface area contributed by atoms with Crippen LogP contribution in [0.3, 0.4) is 0 Å². The smallest absolute Gasteiger partial charge is 0.253 e. The number of hydrogen-bond donors (Lipinski definition) is 2. The number of methoxy groups -OCH3 is 1. The second kappa shape index (κ2) is 8.65. The molecule has 3 unspecified atom stereocenters. The number of allylic oxidation sites excluding steroid dienone is 2. The third kappa shape index (κ3) is 3.77. The molecular formula is C26H32N2O2. The van der Waals surface area contributed by atoms with Gasteiger partial charge in [0.05, 0.1) is 17.3 Å². The number of amides is 1. The standard InChI is InChI=1S/C26H32N2O2/c1-16-14-17(2)23(18(3)15-16)25-21-10-5-8-19(21)20-9-6-11-22(24(20)28-25)26(29)27-12-7-13-30-4/h5-6,8-9,11,14-15,19,21,25,28H,7,10,12-13H2,1-4H3,(H,27,29). The Balaban J connectivity index is 1.71. The van der Waals surface area contributed by atoms with Gasteiger partial charge in [-0.2, -0.15) is 0 Å². The molecule has 158 valence electrons. The van der Waals surface area contributed by atoms with Gasteiger partial charge in [0.1, 0.15) is 0 Å². The third-order valence-electron chi connectivity index (χ3n) is 6.50. The van der Waals surface area contributed by atoms with Gasteiger partial charge in [0.2, 0.25) is 0 Å². The monoisotopic (exact) mass is 404 g/mol. The van der Waals surface area contributed by atoms with E-state index in [4.69, 9.17) is 4.74 Å². The van der Waals surface area contributed by atoms with Gasteiger partial charge in [-0.15, -0.1) is 0 Å². The summed E-state index contributed by atoms with van der Waals surface area (Å²) < 4.78 is 5.09. The van der Waals surface area contributed by atoms with Crippen molar-refractivity contribution in [3.8, 4) is 0 Å². The van der Waals surface area contributed by atoms with E-state index in [0.29, 0.717) is 25.0 Å². The largest absolute Gasteiger partial charge is 0.385 e. The fraction of sp³-hybridized carbons (Fsp3) is 0.423. The number of fused-ring (bicyclic) bond motifs is 3. The summed E-state index contributed by atoms with van der Waals surface area (Å²) in [5.41, 5.74) is 8.26. The van der Waals surface area contributed by atoms with E-state index in [2.05, 4.69) is 61.8 Å². The Hall–Kier alpha value is -2.59. The van der Waals surface area contributed by atoms with Crippen molar-refractivity contribution >= 4 is 11.6 Å². The van der Waals surface area contributed by atoms with E-state index in [1.54, 1.807) is 7.11 Å². The van der Waals surface area contributed by atoms with Gasteiger partial charge < -0.3 is 15.4 Å². The molecule has 0 radical (unpaired) electrons. The molecule has 4 rings (SSSR count). The van der Waals surface area contributed by atoms with Crippen molar-refractivity contribution in [1.29, 1.82) is 0 Å². The van der Waals surface area contributed by atoms with Gasteiger partial charge in [0.15, 0.2) is 0 Å². The molecule has 0 bridgehead atoms. The van der Waals surface area contributed by atoms with E-state index in [1.807, 2.05) is 12.1 Å². The highest BCUT2D eigenvalue weighted by atomic mass is 16.5. The van der Waals surface area contributed by atoms with Crippen molar-refractivity contribution in [2.75, 3.05) is 25.6 Å². The molecule has 3 atom stereocenters. The Morgan fingerprint density at radius 2 is 1.97 bits per heavy atom. The van der Waals surface area contributed by atoms with Gasteiger partial charge >= 0.3 is 0 Å². The first-order valence-corrected chi connectivity index (χ1v) is 10.9. The predicted octanol–water partition coefficient (Wildman–Crippen LogP) is 5.20. The number of ether oxygens (including phenoxy) is 1. The van der Waals surface area contributed by atoms with Crippen LogP contribution in [-0.2, 0) is 4.74 Å². The summed E-state index contributed by atoms with van der Waals surface area (Å²) in [4.78, 5) is 13.0. The fourth-order valence-corrected chi connectivity index (χ4v) is 5.29. The minimum atomic E-state index is -0.0213. The lowest BCUT2D eigenvalue weighted by Gasteiger charge is -2.39. The molecule has 4 nitrogen and oxygen atoms in total. The zero-order valence-electron chi connectivity index (χ0n) is 18.4. The molecule has 0 fully saturated rings. The summed E-state index contributed by atoms with van der Waals surface area (Å²) in [6, 6.07) is 10.8. The number of carbonyl (C=O) groups is 1. The van der Waals surface area contributed by atoms with E-state index in [1.165, 1.54) is 27.8 Å². The van der Waals surface area contributed by atoms with Crippen LogP contribution in [0.15, 0.2) is 42.5 Å². The normalized spacial score (nSPS) is 21.7. The van der Waals surface area contributed by atoms with Crippen molar-refractivity contribution < 1.29 is 9.53 Å². The lowest BCUT2D eigenvalue weighted by Crippen LogP contribution is -2.33. The van der Waals surface area contributed by atoms with Crippen LogP contribution in [0.25, 0.3) is 0 Å². The maximum absolute atomic E-state index is 13.0. The van der Waals surface area contributed by atoms with Gasteiger partial charge in [0.25, 0.3) is 5.91 Å². The van der Waals surface area contributed by atoms with Crippen LogP contribution >= 0.6 is 0 Å². The molecule has 0 saturated carbocycles. The molecule has 4 heteroatoms. The molecular weight excluding hydrogens is 372 g/mol. The first kappa shape index (κ1) is 20.7. The number of rotatable bonds is 6. The number of aryl methyl sites for hydroxylation is 3. The van der Waals surface area contributed by atoms with Crippen molar-refractivity contribution in [1.82, 2.24) is 5.32 Å². The third-order valence-corrected chi connectivity index (χ3v) is 6.50. The highest BCUT2D eigenvalue weighted by Gasteiger charge is 2.40. The molecule has 0 aromatic heterocycles. The topological polar surface area (TPSA) is 50.4 Å². The van der Waals surface area contributed by atoms with E-state index >= 15 is 0 Å². The van der Waals surface area contributed by atoms with Crippen LogP contribution in [0.5, 0.6) is 0 Å². The second-order valence-corrected chi connectivity index (χ2v) is 8.66. The predicted molar refractivity (Wildman–Crippen MR) is 122 cm³/mol. The molecule has 0 saturated heterocycles. The van der Waals surface area contributed by atoms with Gasteiger partial charge in [-0.05, 0) is 67.9 Å². The summed E-state index contributed by atoms with van der Waals surface area (Å²) in [5, 5.41) is 6.86. The van der Waals surface area contributed by atoms with Crippen molar-refractivity contribution in [2.24, 2.45) is 5.92 Å². The number of para-hydroxylation sites is 1. The van der Waals surface area contributed by atoms with E-state index in [-0.39, 0.29) is 11.9 Å². The minimum Gasteiger partial charge on any atom is -0.385 e. The number of anilines is 1. The number of benzene rings is 2. The highest BCUT2D eigenvalue weighted by Crippen LogP contribution is 2.51. The van der Waals surface area contributed by atoms with Gasteiger partial charge in [-0.1, -0.05) is 42.0 Å². The van der Waals surface area contributed by atoms with Crippen LogP contribution in [0.4, 0.5) is 5.69 Å². The minimum absolute atomic E-state index is 0.0213. The van der Waals surface area contributed by atoms with Crippen molar-refractivity contribution in [3.05, 3.63) is 75.9 Å². The molecule has 2 aromatic rings. The molecule has 2 N–H and O–H groups in total. The zero-order valence-corrected chi connectivity index (χ0v) is 18.4. The maximum atomic E-state index is 13.0. The Morgan fingerprint density at radius 3 is 2.70 bits per heavy atom. The lowest BCUT2D eigenvalue weighted by molar-refractivity contribution is 0.0949. The molecule has 0 spiro atoms. The summed E-state index contributed by atoms with van der Waals surface area (Å²) >= 11 is 0. The number of hydrogen-bond acceptors (Lipinski definition) is 3. The van der Waals surface area contributed by atoms with Gasteiger partial charge in [-0.25, -0.2) is 0 Å². The summed E-state index contributed by atoms with van der Waals surface area (Å²) in [6.07, 6.45) is 6.50. The van der Waals surface area contributed by atoms with Crippen molar-refractivity contribution in [2.45, 2.75) is 45.6 Å². The van der Waals surface area contributed by atoms with Crippen LogP contribution < -0.4 is 10.6 Å². The number of carbonyl (C=O) groups excluding carboxylic acids is 1. The zero-order chi connectivity index (χ0) is 21.3. The average Bonchev–Trinajstić information content (AvgIpc) is 3.20. The highest BCUT2D eigenvalue weighted by molar-refractivity contribution is 6.00. The lowest BCUT2D eigenvalue weighted by atomic mass is 9.74. The Labute approximate surface area is 179 Å². The molecule has 1 aliphatic heterocycles. The van der Waals surface area contributed by atoms with Gasteiger partial charge in [0, 0.05) is 26.2 Å². The molecule has 2 aromatic carbocycles. The molecule has 1 heterocycles. The average molecular weight is 405 g/mol. The summed E-state index contributed by atoms with van der Waals surface area (Å²) in [5.74, 6) is 0.789.